The number of H-pyrrole nitrogens is 1. The molecule has 2 heterocycles. The lowest BCUT2D eigenvalue weighted by atomic mass is 10.1. The molecular formula is C29H21N5O11S4. The molecule has 0 saturated heterocycles. The predicted molar refractivity (Wildman–Crippen MR) is 177 cm³/mol. The van der Waals surface area contributed by atoms with E-state index < -0.39 is 67.1 Å². The van der Waals surface area contributed by atoms with Crippen LogP contribution in [0, 0.1) is 0 Å². The minimum atomic E-state index is -5.26. The molecule has 0 saturated carbocycles. The van der Waals surface area contributed by atoms with Gasteiger partial charge >= 0.3 is 5.56 Å². The molecule has 16 nitrogen and oxygen atoms in total. The second-order valence-corrected chi connectivity index (χ2v) is 15.2. The van der Waals surface area contributed by atoms with Crippen molar-refractivity contribution in [3.63, 3.8) is 0 Å². The number of aromatic nitrogens is 3. The highest BCUT2D eigenvalue weighted by molar-refractivity contribution is 7.87. The molecule has 0 fully saturated rings. The summed E-state index contributed by atoms with van der Waals surface area (Å²) in [7, 11) is -13.8. The Morgan fingerprint density at radius 1 is 0.796 bits per heavy atom. The molecule has 20 heteroatoms. The van der Waals surface area contributed by atoms with E-state index >= 15 is 0 Å². The number of hydrogen-bond donors (Lipinski definition) is 4. The third-order valence-electron chi connectivity index (χ3n) is 7.07. The lowest BCUT2D eigenvalue weighted by Crippen LogP contribution is -2.13. The van der Waals surface area contributed by atoms with Gasteiger partial charge in [0.25, 0.3) is 30.4 Å². The first-order valence-corrected chi connectivity index (χ1v) is 18.7. The largest absolute Gasteiger partial charge is 0.497 e. The highest BCUT2D eigenvalue weighted by Gasteiger charge is 2.26. The third-order valence-corrected chi connectivity index (χ3v) is 10.4. The number of thiazole rings is 1. The Balaban J connectivity index is 1.57. The molecule has 0 aliphatic rings. The molecule has 0 bridgehead atoms. The zero-order valence-corrected chi connectivity index (χ0v) is 27.9. The van der Waals surface area contributed by atoms with Crippen molar-refractivity contribution >= 4 is 63.8 Å². The number of methoxy groups -OCH3 is 1. The maximum Gasteiger partial charge on any atom is 0.301 e. The van der Waals surface area contributed by atoms with Crippen molar-refractivity contribution in [2.75, 3.05) is 7.11 Å². The highest BCUT2D eigenvalue weighted by Crippen LogP contribution is 2.38. The first-order chi connectivity index (χ1) is 23.0. The number of aromatic amines is 1. The first kappa shape index (κ1) is 33.8. The van der Waals surface area contributed by atoms with Gasteiger partial charge in [0, 0.05) is 21.9 Å². The summed E-state index contributed by atoms with van der Waals surface area (Å²) in [5.74, 6) is 0.639. The van der Waals surface area contributed by atoms with Crippen molar-refractivity contribution in [1.82, 2.24) is 14.8 Å². The second kappa shape index (κ2) is 12.4. The van der Waals surface area contributed by atoms with Gasteiger partial charge in [-0.25, -0.2) is 4.98 Å². The Bertz CT molecular complexity index is 2680. The number of nitrogens with one attached hydrogen (secondary N) is 1. The summed E-state index contributed by atoms with van der Waals surface area (Å²) in [4.78, 5) is 15.4. The summed E-state index contributed by atoms with van der Waals surface area (Å²) in [5.41, 5.74) is 0.175. The molecule has 0 atom stereocenters. The van der Waals surface area contributed by atoms with E-state index in [4.69, 9.17) is 4.74 Å². The van der Waals surface area contributed by atoms with Crippen LogP contribution in [0.1, 0.15) is 0 Å². The van der Waals surface area contributed by atoms with E-state index in [-0.39, 0.29) is 16.5 Å². The standard InChI is InChI=1S/C29H21N5O11S4/c1-45-19-9-7-16(8-10-19)23-15-46-29(30-23)34-28(35)27(26(33-34)17-5-3-2-4-6-17)32-31-22-13-20(47(36,37)38)11-18-12-21(48(39,40)41)14-24(25(18)22)49(42,43)44/h2-15,33H,1H3,(H,36,37,38)(H,39,40,41)(H,42,43,44). The van der Waals surface area contributed by atoms with Crippen LogP contribution in [0.15, 0.2) is 114 Å². The number of benzene rings is 4. The van der Waals surface area contributed by atoms with Crippen LogP contribution in [0.2, 0.25) is 0 Å². The van der Waals surface area contributed by atoms with E-state index in [1.165, 1.54) is 7.11 Å². The van der Waals surface area contributed by atoms with Crippen LogP contribution in [-0.4, -0.2) is 60.8 Å². The normalized spacial score (nSPS) is 12.6. The van der Waals surface area contributed by atoms with E-state index in [2.05, 4.69) is 20.3 Å². The van der Waals surface area contributed by atoms with Gasteiger partial charge in [-0.05, 0) is 53.9 Å². The number of azo groups is 1. The van der Waals surface area contributed by atoms with Gasteiger partial charge in [-0.1, -0.05) is 30.3 Å². The molecule has 6 aromatic rings. The Labute approximate surface area is 281 Å². The number of ether oxygens (including phenoxy) is 1. The van der Waals surface area contributed by atoms with E-state index in [0.29, 0.717) is 41.3 Å². The van der Waals surface area contributed by atoms with Crippen LogP contribution >= 0.6 is 11.3 Å². The van der Waals surface area contributed by atoms with Crippen molar-refractivity contribution in [2.24, 2.45) is 10.2 Å². The van der Waals surface area contributed by atoms with Crippen molar-refractivity contribution in [1.29, 1.82) is 0 Å². The third kappa shape index (κ3) is 6.78. The number of rotatable bonds is 9. The van der Waals surface area contributed by atoms with Crippen molar-refractivity contribution in [3.05, 3.63) is 94.6 Å². The van der Waals surface area contributed by atoms with Gasteiger partial charge in [0.05, 0.1) is 34.0 Å². The molecule has 49 heavy (non-hydrogen) atoms. The molecule has 0 radical (unpaired) electrons. The molecule has 0 amide bonds. The van der Waals surface area contributed by atoms with E-state index in [9.17, 15) is 43.7 Å². The smallest absolute Gasteiger partial charge is 0.301 e. The maximum absolute atomic E-state index is 13.8. The van der Waals surface area contributed by atoms with Crippen LogP contribution < -0.4 is 10.3 Å². The molecule has 0 unspecified atom stereocenters. The zero-order chi connectivity index (χ0) is 35.3. The fraction of sp³-hybridized carbons (Fsp3) is 0.0345. The lowest BCUT2D eigenvalue weighted by Gasteiger charge is -2.10. The summed E-state index contributed by atoms with van der Waals surface area (Å²) >= 11 is 1.13. The molecule has 6 rings (SSSR count). The van der Waals surface area contributed by atoms with Crippen molar-refractivity contribution < 1.29 is 43.6 Å². The minimum absolute atomic E-state index is 0.134. The van der Waals surface area contributed by atoms with Crippen molar-refractivity contribution in [2.45, 2.75) is 14.7 Å². The summed E-state index contributed by atoms with van der Waals surface area (Å²) in [6, 6.07) is 18.0. The Morgan fingerprint density at radius 2 is 1.43 bits per heavy atom. The van der Waals surface area contributed by atoms with E-state index in [1.54, 1.807) is 60.0 Å². The van der Waals surface area contributed by atoms with Crippen LogP contribution in [0.3, 0.4) is 0 Å². The molecule has 2 aromatic heterocycles. The Hall–Kier alpha value is -5.09. The number of fused-ring (bicyclic) bond motifs is 1. The zero-order valence-electron chi connectivity index (χ0n) is 24.6. The van der Waals surface area contributed by atoms with Gasteiger partial charge in [-0.3, -0.25) is 23.6 Å². The quantitative estimate of drug-likeness (QED) is 0.109. The summed E-state index contributed by atoms with van der Waals surface area (Å²) in [5, 5.41) is 11.9. The number of hydrogen-bond acceptors (Lipinski definition) is 12. The maximum atomic E-state index is 13.8. The highest BCUT2D eigenvalue weighted by atomic mass is 32.2. The molecular weight excluding hydrogens is 723 g/mol. The van der Waals surface area contributed by atoms with Crippen LogP contribution in [0.25, 0.3) is 38.4 Å². The summed E-state index contributed by atoms with van der Waals surface area (Å²) < 4.78 is 108. The first-order valence-electron chi connectivity index (χ1n) is 13.5. The van der Waals surface area contributed by atoms with Crippen LogP contribution in [0.4, 0.5) is 11.4 Å². The lowest BCUT2D eigenvalue weighted by molar-refractivity contribution is 0.415. The van der Waals surface area contributed by atoms with Gasteiger partial charge < -0.3 is 4.74 Å². The molecule has 4 aromatic carbocycles. The van der Waals surface area contributed by atoms with E-state index in [1.807, 2.05) is 0 Å². The summed E-state index contributed by atoms with van der Waals surface area (Å²) in [6.07, 6.45) is 0. The van der Waals surface area contributed by atoms with Gasteiger partial charge in [0.15, 0.2) is 5.69 Å². The Kier molecular flexibility index (Phi) is 8.56. The van der Waals surface area contributed by atoms with Gasteiger partial charge in [0.1, 0.15) is 10.6 Å². The molecule has 4 N–H and O–H groups in total. The second-order valence-electron chi connectivity index (χ2n) is 10.2. The monoisotopic (exact) mass is 743 g/mol. The molecule has 0 aliphatic heterocycles. The topological polar surface area (TPSA) is 248 Å². The summed E-state index contributed by atoms with van der Waals surface area (Å²) in [6.45, 7) is 0. The fourth-order valence-electron chi connectivity index (χ4n) is 4.81. The SMILES string of the molecule is COc1ccc(-c2csc(-n3[nH]c(-c4ccccc4)c(N=Nc4cc(S(=O)(=O)O)cc5cc(S(=O)(=O)O)cc(S(=O)(=O)O)c45)c3=O)n2)cc1. The molecule has 252 valence electrons. The van der Waals surface area contributed by atoms with Crippen LogP contribution in [-0.2, 0) is 30.4 Å². The van der Waals surface area contributed by atoms with Crippen LogP contribution in [0.5, 0.6) is 5.75 Å². The molecule has 0 aliphatic carbocycles. The average molecular weight is 744 g/mol. The fourth-order valence-corrected chi connectivity index (χ4v) is 7.51. The average Bonchev–Trinajstić information content (AvgIpc) is 3.66. The van der Waals surface area contributed by atoms with Crippen molar-refractivity contribution in [3.8, 4) is 33.4 Å². The number of nitrogens with zero attached hydrogens (tertiary/aromatic N) is 4. The predicted octanol–water partition coefficient (Wildman–Crippen LogP) is 5.27. The Morgan fingerprint density at radius 3 is 2.02 bits per heavy atom. The van der Waals surface area contributed by atoms with Gasteiger partial charge in [0.2, 0.25) is 5.13 Å². The minimum Gasteiger partial charge on any atom is -0.497 e. The van der Waals surface area contributed by atoms with Gasteiger partial charge in [-0.15, -0.1) is 21.6 Å². The van der Waals surface area contributed by atoms with Gasteiger partial charge in [-0.2, -0.15) is 29.9 Å². The molecule has 0 spiro atoms. The van der Waals surface area contributed by atoms with E-state index in [0.717, 1.165) is 21.6 Å².